The lowest BCUT2D eigenvalue weighted by Crippen LogP contribution is -2.11. The van der Waals surface area contributed by atoms with Crippen LogP contribution >= 0.6 is 0 Å². The third-order valence-electron chi connectivity index (χ3n) is 4.05. The van der Waals surface area contributed by atoms with E-state index in [1.54, 1.807) is 6.07 Å². The number of furan rings is 1. The Hall–Kier alpha value is -2.23. The molecule has 0 unspecified atom stereocenters. The normalized spacial score (nSPS) is 12.8. The van der Waals surface area contributed by atoms with E-state index in [2.05, 4.69) is 20.8 Å². The molecule has 3 rings (SSSR count). The van der Waals surface area contributed by atoms with E-state index in [1.807, 2.05) is 42.5 Å². The highest BCUT2D eigenvalue weighted by atomic mass is 19.4. The Balaban J connectivity index is 2.27. The average molecular weight is 332 g/mol. The first-order valence-corrected chi connectivity index (χ1v) is 7.83. The molecule has 0 spiro atoms. The molecule has 0 aliphatic heterocycles. The largest absolute Gasteiger partial charge is 0.460 e. The van der Waals surface area contributed by atoms with E-state index < -0.39 is 12.6 Å². The molecule has 0 saturated carbocycles. The third-order valence-corrected chi connectivity index (χ3v) is 4.05. The maximum atomic E-state index is 13.0. The summed E-state index contributed by atoms with van der Waals surface area (Å²) in [7, 11) is 0. The molecule has 0 N–H and O–H groups in total. The van der Waals surface area contributed by atoms with E-state index in [0.717, 1.165) is 16.5 Å². The summed E-state index contributed by atoms with van der Waals surface area (Å²) < 4.78 is 44.5. The molecule has 1 nitrogen and oxygen atoms in total. The molecule has 4 heteroatoms. The predicted molar refractivity (Wildman–Crippen MR) is 90.1 cm³/mol. The van der Waals surface area contributed by atoms with Crippen molar-refractivity contribution in [2.45, 2.75) is 38.8 Å². The van der Waals surface area contributed by atoms with Gasteiger partial charge >= 0.3 is 6.18 Å². The number of halogens is 3. The summed E-state index contributed by atoms with van der Waals surface area (Å²) >= 11 is 0. The number of benzene rings is 2. The maximum Gasteiger partial charge on any atom is 0.396 e. The molecular weight excluding hydrogens is 313 g/mol. The molecule has 0 saturated heterocycles. The smallest absolute Gasteiger partial charge is 0.396 e. The Morgan fingerprint density at radius 2 is 1.58 bits per heavy atom. The summed E-state index contributed by atoms with van der Waals surface area (Å²) in [4.78, 5) is 0. The zero-order valence-corrected chi connectivity index (χ0v) is 13.9. The van der Waals surface area contributed by atoms with Gasteiger partial charge in [-0.05, 0) is 28.7 Å². The van der Waals surface area contributed by atoms with Crippen LogP contribution in [0.3, 0.4) is 0 Å². The Morgan fingerprint density at radius 1 is 0.917 bits per heavy atom. The Labute approximate surface area is 139 Å². The van der Waals surface area contributed by atoms with Crippen molar-refractivity contribution in [2.24, 2.45) is 0 Å². The van der Waals surface area contributed by atoms with Gasteiger partial charge in [0.15, 0.2) is 0 Å². The summed E-state index contributed by atoms with van der Waals surface area (Å²) in [5, 5.41) is 0.730. The molecule has 126 valence electrons. The lowest BCUT2D eigenvalue weighted by molar-refractivity contribution is -0.129. The summed E-state index contributed by atoms with van der Waals surface area (Å²) in [6, 6.07) is 14.7. The van der Waals surface area contributed by atoms with Crippen molar-refractivity contribution in [2.75, 3.05) is 0 Å². The molecule has 0 bridgehead atoms. The first kappa shape index (κ1) is 16.6. The fourth-order valence-corrected chi connectivity index (χ4v) is 2.84. The van der Waals surface area contributed by atoms with Gasteiger partial charge in [-0.25, -0.2) is 0 Å². The van der Waals surface area contributed by atoms with E-state index in [-0.39, 0.29) is 11.2 Å². The monoisotopic (exact) mass is 332 g/mol. The van der Waals surface area contributed by atoms with Crippen LogP contribution in [0.2, 0.25) is 0 Å². The molecule has 24 heavy (non-hydrogen) atoms. The van der Waals surface area contributed by atoms with Crippen molar-refractivity contribution in [1.29, 1.82) is 0 Å². The van der Waals surface area contributed by atoms with E-state index in [4.69, 9.17) is 4.42 Å². The maximum absolute atomic E-state index is 13.0. The highest BCUT2D eigenvalue weighted by Gasteiger charge is 2.32. The molecule has 0 radical (unpaired) electrons. The van der Waals surface area contributed by atoms with Gasteiger partial charge in [-0.2, -0.15) is 13.2 Å². The minimum absolute atomic E-state index is 0.0326. The third kappa shape index (κ3) is 3.32. The van der Waals surface area contributed by atoms with Gasteiger partial charge in [-0.1, -0.05) is 57.2 Å². The summed E-state index contributed by atoms with van der Waals surface area (Å²) in [6.07, 6.45) is -5.39. The van der Waals surface area contributed by atoms with Crippen molar-refractivity contribution in [3.05, 3.63) is 59.9 Å². The minimum atomic E-state index is -4.32. The molecule has 2 aromatic carbocycles. The van der Waals surface area contributed by atoms with Crippen molar-refractivity contribution < 1.29 is 17.6 Å². The summed E-state index contributed by atoms with van der Waals surface area (Å²) in [5.74, 6) is -0.0326. The van der Waals surface area contributed by atoms with Crippen LogP contribution in [0, 0.1) is 0 Å². The molecule has 0 amide bonds. The summed E-state index contributed by atoms with van der Waals surface area (Å²) in [5.41, 5.74) is 2.73. The van der Waals surface area contributed by atoms with Gasteiger partial charge in [0, 0.05) is 10.9 Å². The zero-order valence-electron chi connectivity index (χ0n) is 13.9. The highest BCUT2D eigenvalue weighted by molar-refractivity contribution is 5.96. The van der Waals surface area contributed by atoms with Crippen LogP contribution < -0.4 is 0 Å². The number of fused-ring (bicyclic) bond motifs is 1. The van der Waals surface area contributed by atoms with Crippen LogP contribution in [0.25, 0.3) is 22.1 Å². The fourth-order valence-electron chi connectivity index (χ4n) is 2.84. The van der Waals surface area contributed by atoms with Gasteiger partial charge in [0.1, 0.15) is 17.8 Å². The van der Waals surface area contributed by atoms with Crippen LogP contribution in [0.1, 0.15) is 32.1 Å². The van der Waals surface area contributed by atoms with Crippen molar-refractivity contribution in [1.82, 2.24) is 0 Å². The highest BCUT2D eigenvalue weighted by Crippen LogP contribution is 2.39. The van der Waals surface area contributed by atoms with Gasteiger partial charge in [-0.3, -0.25) is 0 Å². The Morgan fingerprint density at radius 3 is 2.17 bits per heavy atom. The first-order chi connectivity index (χ1) is 11.1. The molecule has 0 fully saturated rings. The average Bonchev–Trinajstić information content (AvgIpc) is 2.81. The van der Waals surface area contributed by atoms with Crippen LogP contribution in [0.15, 0.2) is 52.9 Å². The number of alkyl halides is 3. The Kier molecular flexibility index (Phi) is 3.94. The van der Waals surface area contributed by atoms with E-state index in [1.165, 1.54) is 0 Å². The fraction of sp³-hybridized carbons (Fsp3) is 0.300. The molecule has 1 heterocycles. The SMILES string of the molecule is CC(C)(C)c1ccc2oc(CC(F)(F)F)c(-c3ccccc3)c2c1. The minimum Gasteiger partial charge on any atom is -0.460 e. The lowest BCUT2D eigenvalue weighted by atomic mass is 9.86. The predicted octanol–water partition coefficient (Wildman–Crippen LogP) is 6.50. The van der Waals surface area contributed by atoms with Crippen LogP contribution in [-0.2, 0) is 11.8 Å². The zero-order chi connectivity index (χ0) is 17.5. The number of hydrogen-bond acceptors (Lipinski definition) is 1. The van der Waals surface area contributed by atoms with Gasteiger partial charge < -0.3 is 4.42 Å². The standard InChI is InChI=1S/C20H19F3O/c1-19(2,3)14-9-10-16-15(11-14)18(13-7-5-4-6-8-13)17(24-16)12-20(21,22)23/h4-11H,12H2,1-3H3. The van der Waals surface area contributed by atoms with E-state index >= 15 is 0 Å². The number of hydrogen-bond donors (Lipinski definition) is 0. The quantitative estimate of drug-likeness (QED) is 0.522. The molecule has 0 aliphatic carbocycles. The van der Waals surface area contributed by atoms with Gasteiger partial charge in [0.2, 0.25) is 0 Å². The second kappa shape index (κ2) is 5.69. The van der Waals surface area contributed by atoms with Crippen LogP contribution in [-0.4, -0.2) is 6.18 Å². The van der Waals surface area contributed by atoms with Gasteiger partial charge in [-0.15, -0.1) is 0 Å². The van der Waals surface area contributed by atoms with Crippen molar-refractivity contribution >= 4 is 11.0 Å². The number of rotatable bonds is 2. The second-order valence-electron chi connectivity index (χ2n) is 7.02. The first-order valence-electron chi connectivity index (χ1n) is 7.83. The van der Waals surface area contributed by atoms with Crippen molar-refractivity contribution in [3.8, 4) is 11.1 Å². The van der Waals surface area contributed by atoms with Gasteiger partial charge in [0.05, 0.1) is 0 Å². The van der Waals surface area contributed by atoms with Crippen molar-refractivity contribution in [3.63, 3.8) is 0 Å². The second-order valence-corrected chi connectivity index (χ2v) is 7.02. The Bertz CT molecular complexity index is 852. The van der Waals surface area contributed by atoms with Crippen LogP contribution in [0.5, 0.6) is 0 Å². The van der Waals surface area contributed by atoms with Crippen LogP contribution in [0.4, 0.5) is 13.2 Å². The van der Waals surface area contributed by atoms with E-state index in [9.17, 15) is 13.2 Å². The molecule has 0 aliphatic rings. The molecular formula is C20H19F3O. The molecule has 3 aromatic rings. The van der Waals surface area contributed by atoms with Gasteiger partial charge in [0.25, 0.3) is 0 Å². The summed E-state index contributed by atoms with van der Waals surface area (Å²) in [6.45, 7) is 6.23. The molecule has 0 atom stereocenters. The topological polar surface area (TPSA) is 13.1 Å². The molecule has 1 aromatic heterocycles. The lowest BCUT2D eigenvalue weighted by Gasteiger charge is -2.18. The van der Waals surface area contributed by atoms with E-state index in [0.29, 0.717) is 11.1 Å².